The van der Waals surface area contributed by atoms with Gasteiger partial charge in [-0.2, -0.15) is 13.2 Å². The molecule has 1 fully saturated rings. The van der Waals surface area contributed by atoms with E-state index in [2.05, 4.69) is 0 Å². The predicted octanol–water partition coefficient (Wildman–Crippen LogP) is 1.91. The number of nitrogens with zero attached hydrogens (tertiary/aromatic N) is 1. The van der Waals surface area contributed by atoms with Crippen molar-refractivity contribution in [1.82, 2.24) is 4.90 Å². The zero-order chi connectivity index (χ0) is 16.3. The summed E-state index contributed by atoms with van der Waals surface area (Å²) in [7, 11) is 0. The molecule has 1 saturated heterocycles. The Hall–Kier alpha value is -1.60. The Labute approximate surface area is 126 Å². The molecule has 1 aliphatic heterocycles. The lowest BCUT2D eigenvalue weighted by Gasteiger charge is -2.34. The van der Waals surface area contributed by atoms with Crippen LogP contribution in [0.1, 0.15) is 28.8 Å². The third-order valence-corrected chi connectivity index (χ3v) is 4.02. The standard InChI is InChI=1S/C15H18F3NO3/c16-15(17,18)12-4-2-1-3-11(12)14(22)19-7-5-10(6-8-19)13(21)9-20/h1-4,10,13,20-21H,5-9H2. The number of hydrogen-bond acceptors (Lipinski definition) is 3. The van der Waals surface area contributed by atoms with Crippen LogP contribution in [0.4, 0.5) is 13.2 Å². The van der Waals surface area contributed by atoms with Gasteiger partial charge in [-0.3, -0.25) is 4.79 Å². The van der Waals surface area contributed by atoms with Crippen molar-refractivity contribution in [2.45, 2.75) is 25.1 Å². The van der Waals surface area contributed by atoms with Gasteiger partial charge in [0, 0.05) is 13.1 Å². The van der Waals surface area contributed by atoms with Crippen molar-refractivity contribution in [2.75, 3.05) is 19.7 Å². The summed E-state index contributed by atoms with van der Waals surface area (Å²) in [5, 5.41) is 18.5. The van der Waals surface area contributed by atoms with Gasteiger partial charge in [-0.25, -0.2) is 0 Å². The fourth-order valence-electron chi connectivity index (χ4n) is 2.72. The maximum Gasteiger partial charge on any atom is 0.417 e. The van der Waals surface area contributed by atoms with Gasteiger partial charge in [0.05, 0.1) is 23.8 Å². The number of amides is 1. The smallest absolute Gasteiger partial charge is 0.394 e. The summed E-state index contributed by atoms with van der Waals surface area (Å²) in [6.07, 6.45) is -4.50. The van der Waals surface area contributed by atoms with E-state index in [1.165, 1.54) is 23.1 Å². The van der Waals surface area contributed by atoms with Crippen molar-refractivity contribution in [3.05, 3.63) is 35.4 Å². The van der Waals surface area contributed by atoms with Gasteiger partial charge in [0.15, 0.2) is 0 Å². The van der Waals surface area contributed by atoms with Gasteiger partial charge in [-0.15, -0.1) is 0 Å². The highest BCUT2D eigenvalue weighted by atomic mass is 19.4. The fourth-order valence-corrected chi connectivity index (χ4v) is 2.72. The van der Waals surface area contributed by atoms with E-state index in [1.807, 2.05) is 0 Å². The number of alkyl halides is 3. The van der Waals surface area contributed by atoms with E-state index in [0.717, 1.165) is 6.07 Å². The van der Waals surface area contributed by atoms with E-state index in [4.69, 9.17) is 5.11 Å². The molecule has 0 bridgehead atoms. The van der Waals surface area contributed by atoms with Crippen LogP contribution in [-0.4, -0.2) is 46.8 Å². The van der Waals surface area contributed by atoms with Crippen molar-refractivity contribution in [2.24, 2.45) is 5.92 Å². The number of likely N-dealkylation sites (tertiary alicyclic amines) is 1. The number of rotatable bonds is 3. The van der Waals surface area contributed by atoms with Crippen LogP contribution in [0.15, 0.2) is 24.3 Å². The molecule has 2 rings (SSSR count). The van der Waals surface area contributed by atoms with Gasteiger partial charge in [0.2, 0.25) is 0 Å². The molecule has 0 spiro atoms. The largest absolute Gasteiger partial charge is 0.417 e. The van der Waals surface area contributed by atoms with Crippen LogP contribution in [0.25, 0.3) is 0 Å². The summed E-state index contributed by atoms with van der Waals surface area (Å²) in [5.41, 5.74) is -1.28. The Balaban J connectivity index is 2.11. The zero-order valence-corrected chi connectivity index (χ0v) is 11.9. The maximum atomic E-state index is 13.0. The monoisotopic (exact) mass is 317 g/mol. The third-order valence-electron chi connectivity index (χ3n) is 4.02. The summed E-state index contributed by atoms with van der Waals surface area (Å²) in [5.74, 6) is -0.781. The highest BCUT2D eigenvalue weighted by Crippen LogP contribution is 2.33. The minimum absolute atomic E-state index is 0.132. The average molecular weight is 317 g/mol. The lowest BCUT2D eigenvalue weighted by molar-refractivity contribution is -0.138. The van der Waals surface area contributed by atoms with Crippen molar-refractivity contribution in [3.63, 3.8) is 0 Å². The Kier molecular flexibility index (Phi) is 5.08. The predicted molar refractivity (Wildman–Crippen MR) is 73.2 cm³/mol. The van der Waals surface area contributed by atoms with Gasteiger partial charge in [0.25, 0.3) is 5.91 Å². The molecule has 0 aliphatic carbocycles. The quantitative estimate of drug-likeness (QED) is 0.895. The number of aliphatic hydroxyl groups excluding tert-OH is 2. The lowest BCUT2D eigenvalue weighted by Crippen LogP contribution is -2.42. The molecule has 0 saturated carbocycles. The average Bonchev–Trinajstić information content (AvgIpc) is 2.52. The SMILES string of the molecule is O=C(c1ccccc1C(F)(F)F)N1CCC(C(O)CO)CC1. The first-order valence-corrected chi connectivity index (χ1v) is 7.09. The molecule has 2 N–H and O–H groups in total. The topological polar surface area (TPSA) is 60.8 Å². The molecule has 122 valence electrons. The van der Waals surface area contributed by atoms with Crippen LogP contribution in [0.2, 0.25) is 0 Å². The number of carbonyl (C=O) groups is 1. The Morgan fingerprint density at radius 2 is 1.86 bits per heavy atom. The summed E-state index contributed by atoms with van der Waals surface area (Å²) in [6, 6.07) is 4.74. The summed E-state index contributed by atoms with van der Waals surface area (Å²) in [4.78, 5) is 13.7. The van der Waals surface area contributed by atoms with E-state index in [-0.39, 0.29) is 31.2 Å². The van der Waals surface area contributed by atoms with Gasteiger partial charge >= 0.3 is 6.18 Å². The molecule has 0 radical (unpaired) electrons. The highest BCUT2D eigenvalue weighted by Gasteiger charge is 2.36. The first kappa shape index (κ1) is 16.8. The molecule has 1 heterocycles. The summed E-state index contributed by atoms with van der Waals surface area (Å²) < 4.78 is 38.9. The number of carbonyl (C=O) groups excluding carboxylic acids is 1. The molecule has 1 aromatic carbocycles. The van der Waals surface area contributed by atoms with E-state index in [1.54, 1.807) is 0 Å². The highest BCUT2D eigenvalue weighted by molar-refractivity contribution is 5.96. The van der Waals surface area contributed by atoms with Crippen LogP contribution < -0.4 is 0 Å². The minimum atomic E-state index is -4.57. The fraction of sp³-hybridized carbons (Fsp3) is 0.533. The van der Waals surface area contributed by atoms with E-state index >= 15 is 0 Å². The maximum absolute atomic E-state index is 13.0. The second-order valence-electron chi connectivity index (χ2n) is 5.42. The number of halogens is 3. The van der Waals surface area contributed by atoms with Crippen molar-refractivity contribution in [1.29, 1.82) is 0 Å². The molecule has 1 aromatic rings. The van der Waals surface area contributed by atoms with Gasteiger partial charge in [-0.1, -0.05) is 12.1 Å². The molecule has 1 amide bonds. The van der Waals surface area contributed by atoms with Crippen LogP contribution in [0, 0.1) is 5.92 Å². The second kappa shape index (κ2) is 6.66. The van der Waals surface area contributed by atoms with E-state index < -0.39 is 23.8 Å². The first-order valence-electron chi connectivity index (χ1n) is 7.09. The zero-order valence-electron chi connectivity index (χ0n) is 11.9. The van der Waals surface area contributed by atoms with Gasteiger partial charge in [0.1, 0.15) is 0 Å². The third kappa shape index (κ3) is 3.59. The van der Waals surface area contributed by atoms with Gasteiger partial charge in [-0.05, 0) is 30.9 Å². The van der Waals surface area contributed by atoms with E-state index in [9.17, 15) is 23.1 Å². The Morgan fingerprint density at radius 3 is 2.41 bits per heavy atom. The van der Waals surface area contributed by atoms with Crippen molar-refractivity contribution >= 4 is 5.91 Å². The molecular formula is C15H18F3NO3. The Bertz CT molecular complexity index is 525. The van der Waals surface area contributed by atoms with Crippen molar-refractivity contribution < 1.29 is 28.2 Å². The van der Waals surface area contributed by atoms with Crippen LogP contribution in [0.3, 0.4) is 0 Å². The summed E-state index contributed by atoms with van der Waals surface area (Å²) in [6.45, 7) is 0.190. The number of piperidine rings is 1. The lowest BCUT2D eigenvalue weighted by atomic mass is 9.91. The molecule has 4 nitrogen and oxygen atoms in total. The molecule has 7 heteroatoms. The normalized spacial score (nSPS) is 18.3. The molecule has 22 heavy (non-hydrogen) atoms. The van der Waals surface area contributed by atoms with Crippen LogP contribution >= 0.6 is 0 Å². The number of aliphatic hydroxyl groups is 2. The second-order valence-corrected chi connectivity index (χ2v) is 5.42. The number of benzene rings is 1. The minimum Gasteiger partial charge on any atom is -0.394 e. The van der Waals surface area contributed by atoms with Crippen LogP contribution in [0.5, 0.6) is 0 Å². The first-order chi connectivity index (χ1) is 10.3. The van der Waals surface area contributed by atoms with Gasteiger partial charge < -0.3 is 15.1 Å². The number of hydrogen-bond donors (Lipinski definition) is 2. The summed E-state index contributed by atoms with van der Waals surface area (Å²) >= 11 is 0. The van der Waals surface area contributed by atoms with Crippen LogP contribution in [-0.2, 0) is 6.18 Å². The van der Waals surface area contributed by atoms with Crippen molar-refractivity contribution in [3.8, 4) is 0 Å². The molecule has 0 aromatic heterocycles. The molecule has 1 unspecified atom stereocenters. The Morgan fingerprint density at radius 1 is 1.27 bits per heavy atom. The molecular weight excluding hydrogens is 299 g/mol. The van der Waals surface area contributed by atoms with E-state index in [0.29, 0.717) is 12.8 Å². The molecule has 1 aliphatic rings. The molecule has 1 atom stereocenters.